The van der Waals surface area contributed by atoms with Gasteiger partial charge in [-0.05, 0) is 56.6 Å². The predicted octanol–water partition coefficient (Wildman–Crippen LogP) is 2.78. The minimum Gasteiger partial charge on any atom is -0.389 e. The van der Waals surface area contributed by atoms with E-state index < -0.39 is 18.1 Å². The van der Waals surface area contributed by atoms with Gasteiger partial charge in [0.15, 0.2) is 11.6 Å². The van der Waals surface area contributed by atoms with Crippen molar-refractivity contribution < 1.29 is 29.1 Å². The van der Waals surface area contributed by atoms with E-state index in [4.69, 9.17) is 9.26 Å². The van der Waals surface area contributed by atoms with Crippen molar-refractivity contribution >= 4 is 20.4 Å². The van der Waals surface area contributed by atoms with Crippen molar-refractivity contribution in [2.24, 2.45) is 29.1 Å². The molecule has 0 aromatic heterocycles. The number of aliphatic hydroxyl groups is 2. The van der Waals surface area contributed by atoms with E-state index in [0.29, 0.717) is 25.8 Å². The summed E-state index contributed by atoms with van der Waals surface area (Å²) in [4.78, 5) is 24.5. The Labute approximate surface area is 180 Å². The van der Waals surface area contributed by atoms with Crippen molar-refractivity contribution in [3.8, 4) is 0 Å². The van der Waals surface area contributed by atoms with Gasteiger partial charge in [0.1, 0.15) is 6.61 Å². The van der Waals surface area contributed by atoms with Crippen LogP contribution in [-0.2, 0) is 18.8 Å². The molecular formula is C23H33O6P. The number of ketones is 2. The standard InChI is InChI=1S/C23H33O6P/c1-3-29-30-13-28-20-11-23(27)17(6-7-18(23)19(26)12-24)16-5-4-14-10-15(25)8-9-22(14,2)21(16)20/h8-10,16-18,20-21,24,27,30H,3-7,11-13H2,1-2H3. The summed E-state index contributed by atoms with van der Waals surface area (Å²) < 4.78 is 11.8. The summed E-state index contributed by atoms with van der Waals surface area (Å²) in [6.45, 7) is 4.24. The second-order valence-electron chi connectivity index (χ2n) is 9.40. The van der Waals surface area contributed by atoms with Gasteiger partial charge in [-0.2, -0.15) is 0 Å². The van der Waals surface area contributed by atoms with E-state index in [0.717, 1.165) is 24.8 Å². The molecule has 3 saturated carbocycles. The fourth-order valence-corrected chi connectivity index (χ4v) is 7.46. The topological polar surface area (TPSA) is 93.1 Å². The highest BCUT2D eigenvalue weighted by atomic mass is 31.1. The lowest BCUT2D eigenvalue weighted by Crippen LogP contribution is -2.61. The number of carbonyl (C=O) groups excluding carboxylic acids is 2. The average molecular weight is 436 g/mol. The largest absolute Gasteiger partial charge is 0.389 e. The number of hydrogen-bond donors (Lipinski definition) is 2. The third-order valence-electron chi connectivity index (χ3n) is 8.11. The monoisotopic (exact) mass is 436 g/mol. The number of ether oxygens (including phenoxy) is 1. The molecule has 8 atom stereocenters. The van der Waals surface area contributed by atoms with Gasteiger partial charge in [-0.15, -0.1) is 0 Å². The molecular weight excluding hydrogens is 403 g/mol. The number of Topliss-reactive ketones (excluding diaryl/α,β-unsaturated/α-hetero) is 1. The van der Waals surface area contributed by atoms with Crippen LogP contribution < -0.4 is 0 Å². The first-order chi connectivity index (χ1) is 14.3. The van der Waals surface area contributed by atoms with Crippen LogP contribution in [0.25, 0.3) is 0 Å². The van der Waals surface area contributed by atoms with E-state index in [2.05, 4.69) is 6.92 Å². The number of fused-ring (bicyclic) bond motifs is 5. The molecule has 0 saturated heterocycles. The van der Waals surface area contributed by atoms with Crippen LogP contribution >= 0.6 is 8.81 Å². The van der Waals surface area contributed by atoms with Gasteiger partial charge in [-0.3, -0.25) is 9.59 Å². The lowest BCUT2D eigenvalue weighted by molar-refractivity contribution is -0.182. The van der Waals surface area contributed by atoms with Gasteiger partial charge in [-0.25, -0.2) is 0 Å². The third kappa shape index (κ3) is 3.55. The number of aliphatic hydroxyl groups excluding tert-OH is 1. The molecule has 0 aliphatic heterocycles. The molecule has 7 heteroatoms. The highest BCUT2D eigenvalue weighted by molar-refractivity contribution is 7.31. The van der Waals surface area contributed by atoms with Crippen LogP contribution in [-0.4, -0.2) is 53.0 Å². The number of hydrogen-bond acceptors (Lipinski definition) is 6. The van der Waals surface area contributed by atoms with Gasteiger partial charge >= 0.3 is 0 Å². The molecule has 30 heavy (non-hydrogen) atoms. The zero-order chi connectivity index (χ0) is 21.5. The van der Waals surface area contributed by atoms with Gasteiger partial charge in [0.2, 0.25) is 0 Å². The van der Waals surface area contributed by atoms with Gasteiger partial charge in [-0.1, -0.05) is 18.6 Å². The quantitative estimate of drug-likeness (QED) is 0.471. The molecule has 166 valence electrons. The van der Waals surface area contributed by atoms with E-state index in [9.17, 15) is 19.8 Å². The Morgan fingerprint density at radius 2 is 2.13 bits per heavy atom. The molecule has 0 amide bonds. The molecule has 4 rings (SSSR count). The Bertz CT molecular complexity index is 763. The van der Waals surface area contributed by atoms with Crippen molar-refractivity contribution in [1.29, 1.82) is 0 Å². The Morgan fingerprint density at radius 1 is 1.33 bits per heavy atom. The van der Waals surface area contributed by atoms with Crippen molar-refractivity contribution in [2.45, 2.75) is 57.7 Å². The summed E-state index contributed by atoms with van der Waals surface area (Å²) >= 11 is 0. The average Bonchev–Trinajstić information content (AvgIpc) is 3.07. The number of rotatable bonds is 7. The van der Waals surface area contributed by atoms with Crippen LogP contribution in [0.3, 0.4) is 0 Å². The van der Waals surface area contributed by atoms with Crippen molar-refractivity contribution in [3.05, 3.63) is 23.8 Å². The zero-order valence-corrected chi connectivity index (χ0v) is 18.8. The molecule has 0 aromatic rings. The minimum absolute atomic E-state index is 0.0154. The van der Waals surface area contributed by atoms with Crippen LogP contribution in [0, 0.1) is 29.1 Å². The molecule has 4 aliphatic carbocycles. The summed E-state index contributed by atoms with van der Waals surface area (Å²) in [5.41, 5.74) is -0.258. The first-order valence-electron chi connectivity index (χ1n) is 11.1. The second-order valence-corrected chi connectivity index (χ2v) is 10.3. The normalized spacial score (nSPS) is 42.7. The van der Waals surface area contributed by atoms with E-state index in [-0.39, 0.29) is 49.6 Å². The van der Waals surface area contributed by atoms with Crippen LogP contribution in [0.1, 0.15) is 46.0 Å². The van der Waals surface area contributed by atoms with Gasteiger partial charge in [0.25, 0.3) is 0 Å². The third-order valence-corrected chi connectivity index (χ3v) is 8.88. The summed E-state index contributed by atoms with van der Waals surface area (Å²) in [7, 11) is 0.229. The van der Waals surface area contributed by atoms with Crippen LogP contribution in [0.5, 0.6) is 0 Å². The van der Waals surface area contributed by atoms with Crippen LogP contribution in [0.15, 0.2) is 23.8 Å². The first-order valence-corrected chi connectivity index (χ1v) is 12.2. The van der Waals surface area contributed by atoms with Crippen molar-refractivity contribution in [1.82, 2.24) is 0 Å². The molecule has 4 aliphatic rings. The molecule has 8 unspecified atom stereocenters. The first kappa shape index (κ1) is 22.3. The Balaban J connectivity index is 1.68. The number of allylic oxidation sites excluding steroid dienone is 4. The van der Waals surface area contributed by atoms with Crippen LogP contribution in [0.4, 0.5) is 0 Å². The predicted molar refractivity (Wildman–Crippen MR) is 114 cm³/mol. The Morgan fingerprint density at radius 3 is 2.87 bits per heavy atom. The van der Waals surface area contributed by atoms with E-state index in [1.165, 1.54) is 0 Å². The summed E-state index contributed by atoms with van der Waals surface area (Å²) in [5.74, 6) is -0.386. The highest BCUT2D eigenvalue weighted by Crippen LogP contribution is 2.63. The maximum Gasteiger partial charge on any atom is 0.178 e. The van der Waals surface area contributed by atoms with Gasteiger partial charge in [0, 0.05) is 39.1 Å². The van der Waals surface area contributed by atoms with E-state index in [1.54, 1.807) is 12.2 Å². The van der Waals surface area contributed by atoms with Gasteiger partial charge < -0.3 is 19.5 Å². The Kier molecular flexibility index (Phi) is 6.36. The fraction of sp³-hybridized carbons (Fsp3) is 0.739. The summed E-state index contributed by atoms with van der Waals surface area (Å²) in [6.07, 6.45) is 9.21. The maximum absolute atomic E-state index is 12.4. The molecule has 0 radical (unpaired) electrons. The fourth-order valence-electron chi connectivity index (χ4n) is 6.89. The zero-order valence-electron chi connectivity index (χ0n) is 17.8. The summed E-state index contributed by atoms with van der Waals surface area (Å²) in [6, 6.07) is 0. The van der Waals surface area contributed by atoms with E-state index in [1.807, 2.05) is 13.0 Å². The maximum atomic E-state index is 12.4. The molecule has 0 heterocycles. The van der Waals surface area contributed by atoms with E-state index >= 15 is 0 Å². The molecule has 3 fully saturated rings. The number of carbonyl (C=O) groups is 2. The minimum atomic E-state index is -1.13. The molecule has 0 aromatic carbocycles. The Hall–Kier alpha value is -0.910. The lowest BCUT2D eigenvalue weighted by Gasteiger charge is -2.58. The van der Waals surface area contributed by atoms with Gasteiger partial charge in [0.05, 0.1) is 18.1 Å². The van der Waals surface area contributed by atoms with Crippen molar-refractivity contribution in [3.63, 3.8) is 0 Å². The summed E-state index contributed by atoms with van der Waals surface area (Å²) in [5, 5.41) is 21.2. The SMILES string of the molecule is CCOPCOC1CC2(O)C(C(=O)CO)CCC2C2CCC3=CC(=O)C=CC3(C)C12. The van der Waals surface area contributed by atoms with Crippen LogP contribution in [0.2, 0.25) is 0 Å². The lowest BCUT2D eigenvalue weighted by atomic mass is 9.49. The second kappa shape index (κ2) is 8.55. The molecule has 6 nitrogen and oxygen atoms in total. The molecule has 0 bridgehead atoms. The molecule has 2 N–H and O–H groups in total. The van der Waals surface area contributed by atoms with Crippen molar-refractivity contribution in [2.75, 3.05) is 19.6 Å². The highest BCUT2D eigenvalue weighted by Gasteiger charge is 2.64. The molecule has 0 spiro atoms. The smallest absolute Gasteiger partial charge is 0.178 e.